The zero-order chi connectivity index (χ0) is 16.4. The third-order valence-electron chi connectivity index (χ3n) is 3.92. The summed E-state index contributed by atoms with van der Waals surface area (Å²) in [6.45, 7) is 0.226. The van der Waals surface area contributed by atoms with Crippen molar-refractivity contribution in [1.29, 1.82) is 0 Å². The quantitative estimate of drug-likeness (QED) is 0.693. The molecule has 23 heavy (non-hydrogen) atoms. The molecule has 2 N–H and O–H groups in total. The van der Waals surface area contributed by atoms with Gasteiger partial charge in [0, 0.05) is 18.5 Å². The largest absolute Gasteiger partial charge is 0.465 e. The van der Waals surface area contributed by atoms with Gasteiger partial charge in [0.05, 0.1) is 19.4 Å². The zero-order valence-electron chi connectivity index (χ0n) is 12.3. The number of hydrogen-bond donors (Lipinski definition) is 1. The minimum absolute atomic E-state index is 0.00183. The second kappa shape index (κ2) is 6.37. The summed E-state index contributed by atoms with van der Waals surface area (Å²) in [6, 6.07) is 1.50. The van der Waals surface area contributed by atoms with Crippen LogP contribution in [-0.4, -0.2) is 40.8 Å². The Labute approximate surface area is 131 Å². The van der Waals surface area contributed by atoms with Gasteiger partial charge in [-0.2, -0.15) is 4.98 Å². The normalized spacial score (nSPS) is 28.6. The van der Waals surface area contributed by atoms with Gasteiger partial charge in [-0.3, -0.25) is 14.2 Å². The van der Waals surface area contributed by atoms with Crippen molar-refractivity contribution < 1.29 is 23.8 Å². The molecule has 0 amide bonds. The van der Waals surface area contributed by atoms with E-state index in [1.54, 1.807) is 0 Å². The molecule has 0 aliphatic carbocycles. The van der Waals surface area contributed by atoms with Crippen LogP contribution >= 0.6 is 0 Å². The lowest BCUT2D eigenvalue weighted by molar-refractivity contribution is -0.158. The van der Waals surface area contributed by atoms with Crippen molar-refractivity contribution in [3.05, 3.63) is 22.7 Å². The van der Waals surface area contributed by atoms with Crippen LogP contribution in [0.2, 0.25) is 0 Å². The number of fused-ring (bicyclic) bond motifs is 1. The highest BCUT2D eigenvalue weighted by Crippen LogP contribution is 2.33. The van der Waals surface area contributed by atoms with Crippen LogP contribution in [0, 0.1) is 5.92 Å². The van der Waals surface area contributed by atoms with Crippen LogP contribution in [0.15, 0.2) is 17.1 Å². The summed E-state index contributed by atoms with van der Waals surface area (Å²) < 4.78 is 17.4. The Morgan fingerprint density at radius 2 is 1.83 bits per heavy atom. The van der Waals surface area contributed by atoms with Gasteiger partial charge < -0.3 is 19.9 Å². The molecule has 2 aliphatic rings. The predicted octanol–water partition coefficient (Wildman–Crippen LogP) is -0.391. The van der Waals surface area contributed by atoms with Crippen LogP contribution in [0.4, 0.5) is 5.82 Å². The topological polar surface area (TPSA) is 123 Å². The molecule has 0 unspecified atom stereocenters. The van der Waals surface area contributed by atoms with Crippen molar-refractivity contribution in [2.24, 2.45) is 5.92 Å². The van der Waals surface area contributed by atoms with Crippen molar-refractivity contribution in [3.63, 3.8) is 0 Å². The van der Waals surface area contributed by atoms with Gasteiger partial charge in [0.2, 0.25) is 0 Å². The van der Waals surface area contributed by atoms with E-state index in [0.29, 0.717) is 6.42 Å². The molecule has 0 saturated carbocycles. The molecule has 0 aromatic carbocycles. The van der Waals surface area contributed by atoms with E-state index < -0.39 is 30.0 Å². The number of aromatic nitrogens is 2. The Kier molecular flexibility index (Phi) is 4.28. The summed E-state index contributed by atoms with van der Waals surface area (Å²) >= 11 is 0. The minimum Gasteiger partial charge on any atom is -0.465 e. The van der Waals surface area contributed by atoms with Gasteiger partial charge in [0.15, 0.2) is 0 Å². The Morgan fingerprint density at radius 3 is 2.52 bits per heavy atom. The molecule has 3 atom stereocenters. The fourth-order valence-electron chi connectivity index (χ4n) is 2.68. The van der Waals surface area contributed by atoms with Gasteiger partial charge in [-0.25, -0.2) is 4.79 Å². The maximum absolute atomic E-state index is 11.9. The standard InChI is InChI=1S/C14H17N3O6/c15-10-3-4-17(14(20)16-10)11-5-8-6-21-12(18)1-2-13(19)22-7-9(8)23-11/h3-4,8-9,11H,1-2,5-7H2,(H2,15,16,20)/t8-,9-,11-/m1/s1. The van der Waals surface area contributed by atoms with E-state index >= 15 is 0 Å². The van der Waals surface area contributed by atoms with E-state index in [9.17, 15) is 14.4 Å². The lowest BCUT2D eigenvalue weighted by atomic mass is 10.0. The molecule has 1 aromatic heterocycles. The van der Waals surface area contributed by atoms with E-state index in [1.807, 2.05) is 0 Å². The third-order valence-corrected chi connectivity index (χ3v) is 3.92. The second-order valence-electron chi connectivity index (χ2n) is 5.53. The lowest BCUT2D eigenvalue weighted by Gasteiger charge is -2.19. The van der Waals surface area contributed by atoms with E-state index in [4.69, 9.17) is 19.9 Å². The predicted molar refractivity (Wildman–Crippen MR) is 76.1 cm³/mol. The van der Waals surface area contributed by atoms with Crippen LogP contribution < -0.4 is 11.4 Å². The number of ether oxygens (including phenoxy) is 3. The van der Waals surface area contributed by atoms with Crippen molar-refractivity contribution in [2.75, 3.05) is 18.9 Å². The average molecular weight is 323 g/mol. The van der Waals surface area contributed by atoms with Gasteiger partial charge in [0.1, 0.15) is 24.8 Å². The Bertz CT molecular complexity index is 645. The van der Waals surface area contributed by atoms with Crippen molar-refractivity contribution in [3.8, 4) is 0 Å². The first-order valence-corrected chi connectivity index (χ1v) is 7.34. The highest BCUT2D eigenvalue weighted by atomic mass is 16.6. The molecule has 2 saturated heterocycles. The fraction of sp³-hybridized carbons (Fsp3) is 0.571. The molecule has 3 heterocycles. The summed E-state index contributed by atoms with van der Waals surface area (Å²) in [6.07, 6.45) is 0.928. The number of carbonyl (C=O) groups excluding carboxylic acids is 2. The molecular formula is C14H17N3O6. The molecule has 0 bridgehead atoms. The molecule has 9 heteroatoms. The molecule has 0 radical (unpaired) electrons. The van der Waals surface area contributed by atoms with Gasteiger partial charge in [0.25, 0.3) is 0 Å². The number of anilines is 1. The molecule has 2 fully saturated rings. The number of esters is 2. The summed E-state index contributed by atoms with van der Waals surface area (Å²) in [4.78, 5) is 38.6. The Morgan fingerprint density at radius 1 is 1.13 bits per heavy atom. The first kappa shape index (κ1) is 15.5. The highest BCUT2D eigenvalue weighted by Gasteiger charge is 2.38. The maximum Gasteiger partial charge on any atom is 0.351 e. The van der Waals surface area contributed by atoms with E-state index in [-0.39, 0.29) is 37.8 Å². The van der Waals surface area contributed by atoms with E-state index in [0.717, 1.165) is 0 Å². The van der Waals surface area contributed by atoms with Crippen molar-refractivity contribution in [2.45, 2.75) is 31.6 Å². The van der Waals surface area contributed by atoms with Crippen LogP contribution in [0.1, 0.15) is 25.5 Å². The first-order valence-electron chi connectivity index (χ1n) is 7.34. The van der Waals surface area contributed by atoms with Crippen molar-refractivity contribution in [1.82, 2.24) is 9.55 Å². The van der Waals surface area contributed by atoms with Gasteiger partial charge >= 0.3 is 17.6 Å². The smallest absolute Gasteiger partial charge is 0.351 e. The number of hydrogen-bond acceptors (Lipinski definition) is 8. The SMILES string of the molecule is Nc1ccn([C@H]2C[C@@H]3COC(=O)CCC(=O)OC[C@H]3O2)c(=O)n1. The van der Waals surface area contributed by atoms with E-state index in [2.05, 4.69) is 4.98 Å². The number of nitrogens with zero attached hydrogens (tertiary/aromatic N) is 2. The molecule has 124 valence electrons. The molecule has 0 spiro atoms. The minimum atomic E-state index is -0.566. The maximum atomic E-state index is 11.9. The number of nitrogens with two attached hydrogens (primary N) is 1. The van der Waals surface area contributed by atoms with Crippen LogP contribution in [0.25, 0.3) is 0 Å². The zero-order valence-corrected chi connectivity index (χ0v) is 12.3. The van der Waals surface area contributed by atoms with Gasteiger partial charge in [-0.1, -0.05) is 0 Å². The van der Waals surface area contributed by atoms with E-state index in [1.165, 1.54) is 16.8 Å². The van der Waals surface area contributed by atoms with Gasteiger partial charge in [-0.15, -0.1) is 0 Å². The fourth-order valence-corrected chi connectivity index (χ4v) is 2.68. The average Bonchev–Trinajstić information content (AvgIpc) is 2.91. The number of carbonyl (C=O) groups is 2. The summed E-state index contributed by atoms with van der Waals surface area (Å²) in [7, 11) is 0. The van der Waals surface area contributed by atoms with Crippen molar-refractivity contribution >= 4 is 17.8 Å². The molecule has 2 aliphatic heterocycles. The number of rotatable bonds is 1. The van der Waals surface area contributed by atoms with Crippen LogP contribution in [0.3, 0.4) is 0 Å². The van der Waals surface area contributed by atoms with Gasteiger partial charge in [-0.05, 0) is 6.07 Å². The first-order chi connectivity index (χ1) is 11.0. The second-order valence-corrected chi connectivity index (χ2v) is 5.53. The Hall–Kier alpha value is -2.42. The number of cyclic esters (lactones) is 2. The molecule has 9 nitrogen and oxygen atoms in total. The molecule has 1 aromatic rings. The number of nitrogen functional groups attached to an aromatic ring is 1. The third kappa shape index (κ3) is 3.50. The monoisotopic (exact) mass is 323 g/mol. The summed E-state index contributed by atoms with van der Waals surface area (Å²) in [5.74, 6) is -0.955. The van der Waals surface area contributed by atoms with Crippen LogP contribution in [0.5, 0.6) is 0 Å². The lowest BCUT2D eigenvalue weighted by Crippen LogP contribution is -2.30. The Balaban J connectivity index is 1.77. The van der Waals surface area contributed by atoms with Crippen LogP contribution in [-0.2, 0) is 23.8 Å². The molecular weight excluding hydrogens is 306 g/mol. The summed E-state index contributed by atoms with van der Waals surface area (Å²) in [5.41, 5.74) is 4.95. The highest BCUT2D eigenvalue weighted by molar-refractivity contribution is 5.77. The summed E-state index contributed by atoms with van der Waals surface area (Å²) in [5, 5.41) is 0. The molecule has 3 rings (SSSR count).